The molecule has 3 nitrogen and oxygen atoms in total. The fourth-order valence-corrected chi connectivity index (χ4v) is 3.94. The summed E-state index contributed by atoms with van der Waals surface area (Å²) in [7, 11) is 0. The Morgan fingerprint density at radius 3 is 2.29 bits per heavy atom. The number of anilines is 1. The van der Waals surface area contributed by atoms with Gasteiger partial charge in [0.2, 0.25) is 0 Å². The van der Waals surface area contributed by atoms with Crippen molar-refractivity contribution in [1.29, 1.82) is 0 Å². The van der Waals surface area contributed by atoms with Gasteiger partial charge in [0.1, 0.15) is 6.10 Å². The van der Waals surface area contributed by atoms with Gasteiger partial charge in [0, 0.05) is 22.2 Å². The van der Waals surface area contributed by atoms with Crippen molar-refractivity contribution in [3.05, 3.63) is 100 Å². The molecule has 0 spiro atoms. The predicted molar refractivity (Wildman–Crippen MR) is 113 cm³/mol. The lowest BCUT2D eigenvalue weighted by Gasteiger charge is -2.25. The van der Waals surface area contributed by atoms with Gasteiger partial charge in [0.05, 0.1) is 12.6 Å². The minimum atomic E-state index is -0.530. The van der Waals surface area contributed by atoms with Crippen LogP contribution in [0.3, 0.4) is 0 Å². The van der Waals surface area contributed by atoms with Crippen LogP contribution in [0.5, 0.6) is 0 Å². The lowest BCUT2D eigenvalue weighted by atomic mass is 10.0. The highest BCUT2D eigenvalue weighted by molar-refractivity contribution is 6.31. The zero-order valence-electron chi connectivity index (χ0n) is 15.1. The first-order valence-corrected chi connectivity index (χ1v) is 9.87. The first-order valence-electron chi connectivity index (χ1n) is 9.12. The second-order valence-electron chi connectivity index (χ2n) is 6.74. The van der Waals surface area contributed by atoms with Crippen LogP contribution in [0.25, 0.3) is 0 Å². The summed E-state index contributed by atoms with van der Waals surface area (Å²) >= 11 is 12.5. The van der Waals surface area contributed by atoms with Crippen LogP contribution in [0.1, 0.15) is 23.6 Å². The zero-order valence-corrected chi connectivity index (χ0v) is 16.6. The minimum absolute atomic E-state index is 0.0665. The maximum absolute atomic E-state index is 13.2. The van der Waals surface area contributed by atoms with E-state index >= 15 is 0 Å². The van der Waals surface area contributed by atoms with E-state index in [2.05, 4.69) is 0 Å². The molecule has 5 heteroatoms. The second kappa shape index (κ2) is 8.36. The molecule has 142 valence electrons. The van der Waals surface area contributed by atoms with E-state index in [9.17, 15) is 4.79 Å². The summed E-state index contributed by atoms with van der Waals surface area (Å²) in [6, 6.07) is 24.6. The topological polar surface area (TPSA) is 29.5 Å². The Kier molecular flexibility index (Phi) is 5.67. The average Bonchev–Trinajstić information content (AvgIpc) is 3.04. The van der Waals surface area contributed by atoms with Gasteiger partial charge in [-0.25, -0.2) is 0 Å². The van der Waals surface area contributed by atoms with E-state index in [0.717, 1.165) is 16.8 Å². The molecular formula is C23H19Cl2NO2. The van der Waals surface area contributed by atoms with Crippen molar-refractivity contribution >= 4 is 34.8 Å². The van der Waals surface area contributed by atoms with Crippen molar-refractivity contribution in [3.63, 3.8) is 0 Å². The van der Waals surface area contributed by atoms with Gasteiger partial charge in [-0.2, -0.15) is 0 Å². The summed E-state index contributed by atoms with van der Waals surface area (Å²) in [5.74, 6) is -0.0665. The van der Waals surface area contributed by atoms with Gasteiger partial charge in [0.25, 0.3) is 5.91 Å². The third-order valence-electron chi connectivity index (χ3n) is 4.92. The molecular weight excluding hydrogens is 393 g/mol. The third kappa shape index (κ3) is 3.93. The molecule has 28 heavy (non-hydrogen) atoms. The van der Waals surface area contributed by atoms with Gasteiger partial charge in [-0.05, 0) is 41.5 Å². The summed E-state index contributed by atoms with van der Waals surface area (Å²) in [5, 5.41) is 1.27. The molecule has 0 aromatic heterocycles. The van der Waals surface area contributed by atoms with E-state index in [-0.39, 0.29) is 11.9 Å². The Labute approximate surface area is 174 Å². The molecule has 0 saturated carbocycles. The van der Waals surface area contributed by atoms with Crippen molar-refractivity contribution in [3.8, 4) is 0 Å². The number of hydrogen-bond donors (Lipinski definition) is 0. The lowest BCUT2D eigenvalue weighted by Crippen LogP contribution is -2.32. The quantitative estimate of drug-likeness (QED) is 0.510. The van der Waals surface area contributed by atoms with E-state index in [4.69, 9.17) is 27.9 Å². The number of benzene rings is 3. The maximum atomic E-state index is 13.2. The molecule has 0 N–H and O–H groups in total. The molecule has 3 aromatic carbocycles. The van der Waals surface area contributed by atoms with E-state index in [1.54, 1.807) is 17.0 Å². The van der Waals surface area contributed by atoms with Crippen molar-refractivity contribution in [2.75, 3.05) is 4.90 Å². The molecule has 0 aliphatic carbocycles. The van der Waals surface area contributed by atoms with E-state index in [1.807, 2.05) is 66.7 Å². The smallest absolute Gasteiger partial charge is 0.256 e. The molecule has 0 unspecified atom stereocenters. The number of nitrogens with zero attached hydrogens (tertiary/aromatic N) is 1. The molecule has 1 amide bonds. The summed E-state index contributed by atoms with van der Waals surface area (Å²) in [6.45, 7) is 0.390. The van der Waals surface area contributed by atoms with Crippen LogP contribution in [0.15, 0.2) is 78.9 Å². The van der Waals surface area contributed by atoms with Gasteiger partial charge in [0.15, 0.2) is 0 Å². The van der Waals surface area contributed by atoms with E-state index in [0.29, 0.717) is 23.1 Å². The summed E-state index contributed by atoms with van der Waals surface area (Å²) in [6.07, 6.45) is 0.00930. The van der Waals surface area contributed by atoms with Crippen LogP contribution in [0.2, 0.25) is 10.0 Å². The monoisotopic (exact) mass is 411 g/mol. The fourth-order valence-electron chi connectivity index (χ4n) is 3.55. The summed E-state index contributed by atoms with van der Waals surface area (Å²) in [5.41, 5.74) is 2.73. The largest absolute Gasteiger partial charge is 0.364 e. The number of amides is 1. The Morgan fingerprint density at radius 1 is 0.893 bits per heavy atom. The molecule has 0 radical (unpaired) electrons. The highest BCUT2D eigenvalue weighted by Crippen LogP contribution is 2.41. The highest BCUT2D eigenvalue weighted by atomic mass is 35.5. The second-order valence-corrected chi connectivity index (χ2v) is 7.59. The fraction of sp³-hybridized carbons (Fsp3) is 0.174. The van der Waals surface area contributed by atoms with Crippen LogP contribution < -0.4 is 4.90 Å². The van der Waals surface area contributed by atoms with Gasteiger partial charge in [-0.1, -0.05) is 71.7 Å². The average molecular weight is 412 g/mol. The maximum Gasteiger partial charge on any atom is 0.256 e. The molecule has 3 aromatic rings. The Morgan fingerprint density at radius 2 is 1.57 bits per heavy atom. The molecule has 1 aliphatic heterocycles. The molecule has 2 atom stereocenters. The van der Waals surface area contributed by atoms with Crippen LogP contribution >= 0.6 is 23.2 Å². The van der Waals surface area contributed by atoms with Gasteiger partial charge >= 0.3 is 0 Å². The Bertz CT molecular complexity index is 960. The minimum Gasteiger partial charge on any atom is -0.364 e. The standard InChI is InChI=1S/C23H19Cl2NO2/c24-17-10-12-18(13-11-17)26-21(19-8-4-5-9-20(19)25)14-22(23(26)27)28-15-16-6-2-1-3-7-16/h1-13,21-22H,14-15H2/t21-,22+/m0/s1. The SMILES string of the molecule is O=C1[C@H](OCc2ccccc2)C[C@@H](c2ccccc2Cl)N1c1ccc(Cl)cc1. The highest BCUT2D eigenvalue weighted by Gasteiger charge is 2.42. The Hall–Kier alpha value is -2.33. The predicted octanol–water partition coefficient (Wildman–Crippen LogP) is 6.06. The first-order chi connectivity index (χ1) is 13.6. The van der Waals surface area contributed by atoms with Crippen molar-refractivity contribution in [2.45, 2.75) is 25.2 Å². The summed E-state index contributed by atoms with van der Waals surface area (Å²) < 4.78 is 6.01. The van der Waals surface area contributed by atoms with E-state index < -0.39 is 6.10 Å². The van der Waals surface area contributed by atoms with Crippen LogP contribution in [-0.2, 0) is 16.1 Å². The van der Waals surface area contributed by atoms with Crippen molar-refractivity contribution < 1.29 is 9.53 Å². The number of ether oxygens (including phenoxy) is 1. The van der Waals surface area contributed by atoms with Crippen molar-refractivity contribution in [1.82, 2.24) is 0 Å². The number of rotatable bonds is 5. The Balaban J connectivity index is 1.63. The number of carbonyl (C=O) groups is 1. The lowest BCUT2D eigenvalue weighted by molar-refractivity contribution is -0.127. The molecule has 1 saturated heterocycles. The normalized spacial score (nSPS) is 19.2. The van der Waals surface area contributed by atoms with Gasteiger partial charge < -0.3 is 9.64 Å². The zero-order chi connectivity index (χ0) is 19.5. The summed E-state index contributed by atoms with van der Waals surface area (Å²) in [4.78, 5) is 15.0. The van der Waals surface area contributed by atoms with Crippen LogP contribution in [-0.4, -0.2) is 12.0 Å². The van der Waals surface area contributed by atoms with Gasteiger partial charge in [-0.3, -0.25) is 4.79 Å². The molecule has 0 bridgehead atoms. The number of carbonyl (C=O) groups excluding carboxylic acids is 1. The number of halogens is 2. The molecule has 4 rings (SSSR count). The van der Waals surface area contributed by atoms with Gasteiger partial charge in [-0.15, -0.1) is 0 Å². The van der Waals surface area contributed by atoms with Crippen LogP contribution in [0.4, 0.5) is 5.69 Å². The number of hydrogen-bond acceptors (Lipinski definition) is 2. The third-order valence-corrected chi connectivity index (χ3v) is 5.52. The van der Waals surface area contributed by atoms with Crippen LogP contribution in [0, 0.1) is 0 Å². The van der Waals surface area contributed by atoms with Crippen molar-refractivity contribution in [2.24, 2.45) is 0 Å². The molecule has 1 aliphatic rings. The first kappa shape index (κ1) is 19.0. The molecule has 1 fully saturated rings. The molecule has 1 heterocycles. The van der Waals surface area contributed by atoms with E-state index in [1.165, 1.54) is 0 Å².